The van der Waals surface area contributed by atoms with Crippen LogP contribution in [0.1, 0.15) is 75.2 Å². The molecule has 2 aliphatic rings. The number of allylic oxidation sites excluding steroid dienone is 1. The number of hydrogen-bond acceptors (Lipinski definition) is 4. The highest BCUT2D eigenvalue weighted by Crippen LogP contribution is 2.61. The van der Waals surface area contributed by atoms with Crippen molar-refractivity contribution in [1.82, 2.24) is 9.39 Å². The van der Waals surface area contributed by atoms with Crippen LogP contribution in [0.5, 0.6) is 0 Å². The lowest BCUT2D eigenvalue weighted by atomic mass is 9.66. The quantitative estimate of drug-likeness (QED) is 0.381. The Morgan fingerprint density at radius 1 is 1.19 bits per heavy atom. The van der Waals surface area contributed by atoms with E-state index in [2.05, 4.69) is 53.3 Å². The fourth-order valence-electron chi connectivity index (χ4n) is 4.70. The van der Waals surface area contributed by atoms with Crippen LogP contribution >= 0.6 is 20.0 Å². The number of carbonyl (C=O) groups is 1. The first-order chi connectivity index (χ1) is 11.6. The van der Waals surface area contributed by atoms with Gasteiger partial charge in [0.15, 0.2) is 0 Å². The Morgan fingerprint density at radius 3 is 2.27 bits per heavy atom. The summed E-state index contributed by atoms with van der Waals surface area (Å²) in [6.45, 7) is 21.9. The smallest absolute Gasteiger partial charge is 0.420 e. The minimum absolute atomic E-state index is 0.0460. The molecule has 0 aromatic carbocycles. The Bertz CT molecular complexity index is 595. The topological polar surface area (TPSA) is 41.6 Å². The van der Waals surface area contributed by atoms with Gasteiger partial charge in [0.2, 0.25) is 0 Å². The Labute approximate surface area is 165 Å². The van der Waals surface area contributed by atoms with Crippen LogP contribution in [0.3, 0.4) is 0 Å². The molecule has 0 saturated heterocycles. The zero-order chi connectivity index (χ0) is 20.1. The number of rotatable bonds is 0. The molecule has 0 radical (unpaired) electrons. The highest BCUT2D eigenvalue weighted by Gasteiger charge is 2.46. The minimum Gasteiger partial charge on any atom is -0.443 e. The van der Waals surface area contributed by atoms with Crippen LogP contribution in [0.2, 0.25) is 0 Å². The third kappa shape index (κ3) is 4.77. The first-order valence-electron chi connectivity index (χ1n) is 9.59. The van der Waals surface area contributed by atoms with Gasteiger partial charge in [-0.3, -0.25) is 5.09 Å². The van der Waals surface area contributed by atoms with Gasteiger partial charge in [0.25, 0.3) is 0 Å². The molecule has 0 spiro atoms. The van der Waals surface area contributed by atoms with Crippen molar-refractivity contribution in [2.24, 2.45) is 10.8 Å². The van der Waals surface area contributed by atoms with Gasteiger partial charge in [-0.2, -0.15) is 0 Å². The van der Waals surface area contributed by atoms with Gasteiger partial charge in [0.1, 0.15) is 5.60 Å². The molecule has 26 heavy (non-hydrogen) atoms. The summed E-state index contributed by atoms with van der Waals surface area (Å²) in [6.07, 6.45) is 1.83. The summed E-state index contributed by atoms with van der Waals surface area (Å²) in [7, 11) is -0.509. The molecule has 1 N–H and O–H groups in total. The van der Waals surface area contributed by atoms with E-state index in [0.717, 1.165) is 12.8 Å². The van der Waals surface area contributed by atoms with Gasteiger partial charge in [0.05, 0.1) is 0 Å². The fourth-order valence-corrected chi connectivity index (χ4v) is 8.62. The maximum absolute atomic E-state index is 12.9. The summed E-state index contributed by atoms with van der Waals surface area (Å²) in [4.78, 5) is 12.9. The zero-order valence-electron chi connectivity index (χ0n) is 18.2. The predicted molar refractivity (Wildman–Crippen MR) is 114 cm³/mol. The lowest BCUT2D eigenvalue weighted by Crippen LogP contribution is -2.39. The first kappa shape index (κ1) is 22.0. The molecule has 0 aromatic rings. The van der Waals surface area contributed by atoms with Gasteiger partial charge in [-0.25, -0.2) is 9.10 Å². The van der Waals surface area contributed by atoms with E-state index >= 15 is 0 Å². The average Bonchev–Trinajstić information content (AvgIpc) is 2.53. The highest BCUT2D eigenvalue weighted by molar-refractivity contribution is 8.08. The number of ether oxygens (including phenoxy) is 1. The zero-order valence-corrected chi connectivity index (χ0v) is 19.9. The number of carbonyl (C=O) groups excluding carboxylic acids is 1. The number of amides is 1. The predicted octanol–water partition coefficient (Wildman–Crippen LogP) is 6.34. The lowest BCUT2D eigenvalue weighted by molar-refractivity contribution is 0.0348. The Balaban J connectivity index is 2.51. The van der Waals surface area contributed by atoms with E-state index < -0.39 is 13.7 Å². The molecular weight excluding hydrogens is 363 g/mol. The fraction of sp³-hybridized carbons (Fsp3) is 0.850. The van der Waals surface area contributed by atoms with Crippen molar-refractivity contribution in [3.05, 3.63) is 10.2 Å². The van der Waals surface area contributed by atoms with Crippen LogP contribution in [-0.4, -0.2) is 34.7 Å². The summed E-state index contributed by atoms with van der Waals surface area (Å²) >= 11 is 1.63. The second kappa shape index (κ2) is 7.29. The van der Waals surface area contributed by atoms with E-state index in [4.69, 9.17) is 4.74 Å². The molecule has 0 bridgehead atoms. The molecule has 3 unspecified atom stereocenters. The van der Waals surface area contributed by atoms with E-state index in [-0.39, 0.29) is 23.0 Å². The van der Waals surface area contributed by atoms with E-state index in [0.29, 0.717) is 6.04 Å². The van der Waals surface area contributed by atoms with E-state index in [1.165, 1.54) is 10.2 Å². The second-order valence-corrected chi connectivity index (χ2v) is 13.3. The third-order valence-electron chi connectivity index (χ3n) is 5.07. The lowest BCUT2D eigenvalue weighted by Gasteiger charge is -2.40. The van der Waals surface area contributed by atoms with Crippen molar-refractivity contribution >= 4 is 26.1 Å². The largest absolute Gasteiger partial charge is 0.443 e. The van der Waals surface area contributed by atoms with Crippen LogP contribution in [0.15, 0.2) is 10.2 Å². The van der Waals surface area contributed by atoms with Gasteiger partial charge in [-0.1, -0.05) is 27.7 Å². The Kier molecular flexibility index (Phi) is 6.18. The highest BCUT2D eigenvalue weighted by atomic mass is 32.2. The summed E-state index contributed by atoms with van der Waals surface area (Å²) in [6, 6.07) is 0.588. The van der Waals surface area contributed by atoms with Crippen molar-refractivity contribution in [2.75, 3.05) is 6.66 Å². The van der Waals surface area contributed by atoms with Gasteiger partial charge in [-0.05, 0) is 90.5 Å². The van der Waals surface area contributed by atoms with Crippen LogP contribution in [0.25, 0.3) is 0 Å². The average molecular weight is 401 g/mol. The molecule has 0 aromatic heterocycles. The minimum atomic E-state index is -0.509. The molecule has 150 valence electrons. The van der Waals surface area contributed by atoms with Crippen LogP contribution < -0.4 is 5.09 Å². The molecule has 3 atom stereocenters. The molecule has 6 heteroatoms. The van der Waals surface area contributed by atoms with Crippen molar-refractivity contribution in [3.63, 3.8) is 0 Å². The van der Waals surface area contributed by atoms with Crippen LogP contribution in [-0.2, 0) is 4.74 Å². The first-order valence-corrected chi connectivity index (χ1v) is 12.2. The van der Waals surface area contributed by atoms with E-state index in [1.54, 1.807) is 11.9 Å². The van der Waals surface area contributed by atoms with Crippen LogP contribution in [0, 0.1) is 10.8 Å². The molecule has 2 heterocycles. The molecule has 1 amide bonds. The Hall–Kier alpha value is -0.250. The molecule has 2 aliphatic heterocycles. The molecule has 0 fully saturated rings. The number of nitrogens with one attached hydrogen (secondary N) is 1. The maximum Gasteiger partial charge on any atom is 0.420 e. The molecular formula is C20H37N2O2PS. The third-order valence-corrected chi connectivity index (χ3v) is 8.88. The van der Waals surface area contributed by atoms with Crippen LogP contribution in [0.4, 0.5) is 4.79 Å². The van der Waals surface area contributed by atoms with Crippen molar-refractivity contribution in [2.45, 2.75) is 92.8 Å². The summed E-state index contributed by atoms with van der Waals surface area (Å²) < 4.78 is 8.95. The molecule has 0 aliphatic carbocycles. The SMILES string of the molecule is CC1CC(C)(C)C2=C(SN(C(=O)OC(C)(C)C)C(C)CC2(C)C)P(C)N1. The molecule has 4 nitrogen and oxygen atoms in total. The van der Waals surface area contributed by atoms with Crippen molar-refractivity contribution < 1.29 is 9.53 Å². The number of hydrogen-bond donors (Lipinski definition) is 1. The summed E-state index contributed by atoms with van der Waals surface area (Å²) in [5, 5.41) is 3.79. The summed E-state index contributed by atoms with van der Waals surface area (Å²) in [5.41, 5.74) is 1.20. The van der Waals surface area contributed by atoms with Gasteiger partial charge >= 0.3 is 6.09 Å². The van der Waals surface area contributed by atoms with Crippen molar-refractivity contribution in [3.8, 4) is 0 Å². The van der Waals surface area contributed by atoms with E-state index in [1.807, 2.05) is 25.1 Å². The molecule has 2 rings (SSSR count). The summed E-state index contributed by atoms with van der Waals surface area (Å²) in [5.74, 6) is 0. The number of nitrogens with zero attached hydrogens (tertiary/aromatic N) is 1. The molecule has 0 saturated carbocycles. The maximum atomic E-state index is 12.9. The van der Waals surface area contributed by atoms with Crippen molar-refractivity contribution in [1.29, 1.82) is 0 Å². The monoisotopic (exact) mass is 400 g/mol. The standard InChI is InChI=1S/C20H37N2O2PS/c1-13-11-19(6,7)15-16(25(10)21-13)26-22(14(2)12-20(15,8)9)17(23)24-18(3,4)5/h13-14,21H,11-12H2,1-10H3. The second-order valence-electron chi connectivity index (χ2n) is 10.2. The normalized spacial score (nSPS) is 31.8. The Morgan fingerprint density at radius 2 is 1.73 bits per heavy atom. The van der Waals surface area contributed by atoms with Gasteiger partial charge in [-0.15, -0.1) is 0 Å². The van der Waals surface area contributed by atoms with Gasteiger partial charge in [0, 0.05) is 16.7 Å². The van der Waals surface area contributed by atoms with Gasteiger partial charge < -0.3 is 4.74 Å². The van der Waals surface area contributed by atoms with E-state index in [9.17, 15) is 4.79 Å².